The molecule has 3 rings (SSSR count). The summed E-state index contributed by atoms with van der Waals surface area (Å²) in [5.41, 5.74) is 1.13. The monoisotopic (exact) mass is 319 g/mol. The number of nitrogens with zero attached hydrogens (tertiary/aromatic N) is 5. The zero-order valence-corrected chi connectivity index (χ0v) is 13.8. The van der Waals surface area contributed by atoms with Gasteiger partial charge in [-0.2, -0.15) is 0 Å². The number of imidazole rings is 1. The van der Waals surface area contributed by atoms with Gasteiger partial charge in [0, 0.05) is 50.5 Å². The van der Waals surface area contributed by atoms with Crippen molar-refractivity contribution in [2.24, 2.45) is 0 Å². The molecule has 6 nitrogen and oxygen atoms in total. The van der Waals surface area contributed by atoms with E-state index in [0.717, 1.165) is 43.4 Å². The van der Waals surface area contributed by atoms with Crippen molar-refractivity contribution in [2.75, 3.05) is 26.2 Å². The molecule has 22 heavy (non-hydrogen) atoms. The van der Waals surface area contributed by atoms with Crippen LogP contribution in [0.1, 0.15) is 23.7 Å². The minimum atomic E-state index is -0.185. The standard InChI is InChI=1S/C15H21N5OS/c1-12(20-4-3-16-11-20)15(21)19-7-5-18(6-8-19)9-14-10-22-13(2)17-14/h3-4,10-12H,5-9H2,1-2H3. The van der Waals surface area contributed by atoms with Gasteiger partial charge in [-0.25, -0.2) is 9.97 Å². The van der Waals surface area contributed by atoms with E-state index in [1.165, 1.54) is 0 Å². The topological polar surface area (TPSA) is 54.3 Å². The molecule has 0 saturated carbocycles. The van der Waals surface area contributed by atoms with Crippen molar-refractivity contribution in [1.29, 1.82) is 0 Å². The second-order valence-corrected chi connectivity index (χ2v) is 6.71. The second-order valence-electron chi connectivity index (χ2n) is 5.65. The molecule has 7 heteroatoms. The van der Waals surface area contributed by atoms with E-state index in [4.69, 9.17) is 0 Å². The number of aryl methyl sites for hydroxylation is 1. The van der Waals surface area contributed by atoms with Crippen LogP contribution in [0, 0.1) is 6.92 Å². The third-order valence-corrected chi connectivity index (χ3v) is 4.89. The first-order chi connectivity index (χ1) is 10.6. The third kappa shape index (κ3) is 3.36. The van der Waals surface area contributed by atoms with Crippen LogP contribution in [0.25, 0.3) is 0 Å². The van der Waals surface area contributed by atoms with Crippen LogP contribution < -0.4 is 0 Å². The minimum Gasteiger partial charge on any atom is -0.338 e. The lowest BCUT2D eigenvalue weighted by atomic mass is 10.2. The van der Waals surface area contributed by atoms with Crippen molar-refractivity contribution >= 4 is 17.2 Å². The molecule has 1 fully saturated rings. The maximum Gasteiger partial charge on any atom is 0.245 e. The maximum absolute atomic E-state index is 12.5. The van der Waals surface area contributed by atoms with Gasteiger partial charge in [0.05, 0.1) is 17.0 Å². The first kappa shape index (κ1) is 15.2. The van der Waals surface area contributed by atoms with Crippen LogP contribution in [-0.2, 0) is 11.3 Å². The van der Waals surface area contributed by atoms with Crippen molar-refractivity contribution in [3.05, 3.63) is 34.8 Å². The SMILES string of the molecule is Cc1nc(CN2CCN(C(=O)C(C)n3ccnc3)CC2)cs1. The van der Waals surface area contributed by atoms with E-state index in [1.807, 2.05) is 29.5 Å². The highest BCUT2D eigenvalue weighted by atomic mass is 32.1. The molecule has 1 aliphatic heterocycles. The van der Waals surface area contributed by atoms with Crippen molar-refractivity contribution in [2.45, 2.75) is 26.4 Å². The third-order valence-electron chi connectivity index (χ3n) is 4.07. The largest absolute Gasteiger partial charge is 0.338 e. The first-order valence-electron chi connectivity index (χ1n) is 7.53. The molecular formula is C15H21N5OS. The number of carbonyl (C=O) groups excluding carboxylic acids is 1. The van der Waals surface area contributed by atoms with Crippen LogP contribution in [0.3, 0.4) is 0 Å². The Balaban J connectivity index is 1.52. The first-order valence-corrected chi connectivity index (χ1v) is 8.41. The lowest BCUT2D eigenvalue weighted by molar-refractivity contribution is -0.136. The van der Waals surface area contributed by atoms with Crippen LogP contribution in [0.2, 0.25) is 0 Å². The van der Waals surface area contributed by atoms with Gasteiger partial charge in [0.25, 0.3) is 0 Å². The van der Waals surface area contributed by atoms with Crippen molar-refractivity contribution < 1.29 is 4.79 Å². The summed E-state index contributed by atoms with van der Waals surface area (Å²) in [7, 11) is 0. The molecule has 0 N–H and O–H groups in total. The molecule has 1 unspecified atom stereocenters. The molecule has 2 aromatic rings. The van der Waals surface area contributed by atoms with Crippen molar-refractivity contribution in [1.82, 2.24) is 24.3 Å². The zero-order valence-electron chi connectivity index (χ0n) is 13.0. The summed E-state index contributed by atoms with van der Waals surface area (Å²) in [4.78, 5) is 25.3. The predicted octanol–water partition coefficient (Wildman–Crippen LogP) is 1.55. The average molecular weight is 319 g/mol. The van der Waals surface area contributed by atoms with Crippen LogP contribution in [0.15, 0.2) is 24.1 Å². The predicted molar refractivity (Wildman–Crippen MR) is 85.6 cm³/mol. The molecule has 0 bridgehead atoms. The van der Waals surface area contributed by atoms with Gasteiger partial charge in [0.1, 0.15) is 6.04 Å². The van der Waals surface area contributed by atoms with E-state index < -0.39 is 0 Å². The summed E-state index contributed by atoms with van der Waals surface area (Å²) in [6, 6.07) is -0.185. The van der Waals surface area contributed by atoms with Gasteiger partial charge >= 0.3 is 0 Å². The van der Waals surface area contributed by atoms with Crippen LogP contribution in [-0.4, -0.2) is 56.4 Å². The zero-order chi connectivity index (χ0) is 15.5. The Bertz CT molecular complexity index is 616. The fraction of sp³-hybridized carbons (Fsp3) is 0.533. The van der Waals surface area contributed by atoms with Gasteiger partial charge in [0.15, 0.2) is 0 Å². The Morgan fingerprint density at radius 3 is 2.73 bits per heavy atom. The lowest BCUT2D eigenvalue weighted by Gasteiger charge is -2.35. The van der Waals surface area contributed by atoms with Crippen LogP contribution >= 0.6 is 11.3 Å². The average Bonchev–Trinajstić information content (AvgIpc) is 3.18. The fourth-order valence-electron chi connectivity index (χ4n) is 2.73. The molecule has 1 aliphatic rings. The smallest absolute Gasteiger partial charge is 0.245 e. The second kappa shape index (κ2) is 6.58. The number of carbonyl (C=O) groups is 1. The van der Waals surface area contributed by atoms with Gasteiger partial charge in [0.2, 0.25) is 5.91 Å². The summed E-state index contributed by atoms with van der Waals surface area (Å²) in [5, 5.41) is 3.23. The molecule has 1 atom stereocenters. The van der Waals surface area contributed by atoms with E-state index >= 15 is 0 Å². The molecule has 0 spiro atoms. The summed E-state index contributed by atoms with van der Waals surface area (Å²) < 4.78 is 1.85. The minimum absolute atomic E-state index is 0.169. The summed E-state index contributed by atoms with van der Waals surface area (Å²) in [6.45, 7) is 8.19. The number of hydrogen-bond acceptors (Lipinski definition) is 5. The number of thiazole rings is 1. The van der Waals surface area contributed by atoms with Gasteiger partial charge < -0.3 is 9.47 Å². The molecule has 1 saturated heterocycles. The van der Waals surface area contributed by atoms with Crippen molar-refractivity contribution in [3.8, 4) is 0 Å². The number of rotatable bonds is 4. The summed E-state index contributed by atoms with van der Waals surface area (Å²) >= 11 is 1.69. The maximum atomic E-state index is 12.5. The Morgan fingerprint density at radius 2 is 2.14 bits per heavy atom. The quantitative estimate of drug-likeness (QED) is 0.858. The number of piperazine rings is 1. The lowest BCUT2D eigenvalue weighted by Crippen LogP contribution is -2.49. The van der Waals surface area contributed by atoms with Gasteiger partial charge in [-0.15, -0.1) is 11.3 Å². The molecular weight excluding hydrogens is 298 g/mol. The Morgan fingerprint density at radius 1 is 1.36 bits per heavy atom. The Hall–Kier alpha value is -1.73. The van der Waals surface area contributed by atoms with Gasteiger partial charge in [-0.05, 0) is 13.8 Å². The molecule has 3 heterocycles. The highest BCUT2D eigenvalue weighted by Crippen LogP contribution is 2.15. The highest BCUT2D eigenvalue weighted by Gasteiger charge is 2.25. The van der Waals surface area contributed by atoms with E-state index in [1.54, 1.807) is 23.9 Å². The van der Waals surface area contributed by atoms with E-state index in [-0.39, 0.29) is 11.9 Å². The molecule has 2 aromatic heterocycles. The molecule has 0 aliphatic carbocycles. The number of aromatic nitrogens is 3. The van der Waals surface area contributed by atoms with Crippen LogP contribution in [0.4, 0.5) is 0 Å². The van der Waals surface area contributed by atoms with Gasteiger partial charge in [-0.1, -0.05) is 0 Å². The van der Waals surface area contributed by atoms with Crippen LogP contribution in [0.5, 0.6) is 0 Å². The Labute approximate surface area is 134 Å². The van der Waals surface area contributed by atoms with Crippen molar-refractivity contribution in [3.63, 3.8) is 0 Å². The summed E-state index contributed by atoms with van der Waals surface area (Å²) in [6.07, 6.45) is 5.24. The summed E-state index contributed by atoms with van der Waals surface area (Å²) in [5.74, 6) is 0.169. The highest BCUT2D eigenvalue weighted by molar-refractivity contribution is 7.09. The molecule has 0 aromatic carbocycles. The molecule has 118 valence electrons. The van der Waals surface area contributed by atoms with Gasteiger partial charge in [-0.3, -0.25) is 9.69 Å². The molecule has 0 radical (unpaired) electrons. The Kier molecular flexibility index (Phi) is 4.54. The normalized spacial score (nSPS) is 17.6. The van der Waals surface area contributed by atoms with E-state index in [0.29, 0.717) is 0 Å². The van der Waals surface area contributed by atoms with E-state index in [2.05, 4.69) is 20.2 Å². The number of hydrogen-bond donors (Lipinski definition) is 0. The molecule has 1 amide bonds. The van der Waals surface area contributed by atoms with E-state index in [9.17, 15) is 4.79 Å². The fourth-order valence-corrected chi connectivity index (χ4v) is 3.33. The number of amides is 1.